The van der Waals surface area contributed by atoms with Crippen LogP contribution in [0.2, 0.25) is 0 Å². The summed E-state index contributed by atoms with van der Waals surface area (Å²) in [4.78, 5) is 9.05. The Balaban J connectivity index is 2.28. The van der Waals surface area contributed by atoms with Crippen molar-refractivity contribution >= 4 is 5.82 Å². The van der Waals surface area contributed by atoms with Crippen molar-refractivity contribution < 1.29 is 4.74 Å². The molecule has 2 heterocycles. The molecule has 0 aromatic carbocycles. The maximum Gasteiger partial charge on any atom is 0.143 e. The summed E-state index contributed by atoms with van der Waals surface area (Å²) < 4.78 is 5.48. The minimum Gasteiger partial charge on any atom is -0.381 e. The summed E-state index contributed by atoms with van der Waals surface area (Å²) in [7, 11) is 0. The van der Waals surface area contributed by atoms with Crippen LogP contribution in [0.1, 0.15) is 50.0 Å². The van der Waals surface area contributed by atoms with Crippen molar-refractivity contribution in [2.24, 2.45) is 5.84 Å². The molecule has 0 radical (unpaired) electrons. The molecule has 0 aliphatic carbocycles. The normalized spacial score (nSPS) is 20.6. The number of nitrogens with one attached hydrogen (secondary N) is 1. The van der Waals surface area contributed by atoms with Crippen LogP contribution in [0.15, 0.2) is 6.07 Å². The quantitative estimate of drug-likeness (QED) is 0.618. The van der Waals surface area contributed by atoms with E-state index in [2.05, 4.69) is 29.2 Å². The molecule has 0 amide bonds. The third-order valence-corrected chi connectivity index (χ3v) is 3.03. The first-order chi connectivity index (χ1) is 8.20. The summed E-state index contributed by atoms with van der Waals surface area (Å²) in [6.45, 7) is 5.79. The summed E-state index contributed by atoms with van der Waals surface area (Å²) >= 11 is 0. The molecule has 3 N–H and O–H groups in total. The molecule has 0 bridgehead atoms. The second-order valence-corrected chi connectivity index (χ2v) is 4.75. The Morgan fingerprint density at radius 1 is 1.47 bits per heavy atom. The van der Waals surface area contributed by atoms with Crippen molar-refractivity contribution in [1.29, 1.82) is 0 Å². The minimum absolute atomic E-state index is 0.301. The van der Waals surface area contributed by atoms with Gasteiger partial charge < -0.3 is 10.2 Å². The van der Waals surface area contributed by atoms with Crippen molar-refractivity contribution in [3.8, 4) is 0 Å². The Morgan fingerprint density at radius 3 is 2.88 bits per heavy atom. The number of nitrogens with two attached hydrogens (primary N) is 1. The zero-order chi connectivity index (χ0) is 12.3. The Morgan fingerprint density at radius 2 is 2.29 bits per heavy atom. The second kappa shape index (κ2) is 5.42. The van der Waals surface area contributed by atoms with E-state index in [0.717, 1.165) is 31.0 Å². The number of ether oxygens (including phenoxy) is 1. The third kappa shape index (κ3) is 2.92. The van der Waals surface area contributed by atoms with Gasteiger partial charge in [-0.25, -0.2) is 15.8 Å². The molecule has 1 atom stereocenters. The van der Waals surface area contributed by atoms with Crippen LogP contribution in [-0.4, -0.2) is 23.2 Å². The third-order valence-electron chi connectivity index (χ3n) is 3.03. The molecule has 0 spiro atoms. The van der Waals surface area contributed by atoms with Crippen molar-refractivity contribution in [3.05, 3.63) is 17.6 Å². The molecule has 1 aromatic rings. The highest BCUT2D eigenvalue weighted by Gasteiger charge is 2.20. The monoisotopic (exact) mass is 236 g/mol. The van der Waals surface area contributed by atoms with Crippen molar-refractivity contribution in [3.63, 3.8) is 0 Å². The maximum atomic E-state index is 5.48. The second-order valence-electron chi connectivity index (χ2n) is 4.75. The van der Waals surface area contributed by atoms with Crippen molar-refractivity contribution in [2.75, 3.05) is 18.6 Å². The highest BCUT2D eigenvalue weighted by Crippen LogP contribution is 2.25. The molecular weight excluding hydrogens is 216 g/mol. The molecule has 1 fully saturated rings. The number of anilines is 1. The minimum atomic E-state index is 0.301. The number of hydrogen-bond acceptors (Lipinski definition) is 5. The van der Waals surface area contributed by atoms with E-state index in [1.54, 1.807) is 0 Å². The topological polar surface area (TPSA) is 73.1 Å². The van der Waals surface area contributed by atoms with Crippen LogP contribution < -0.4 is 11.3 Å². The maximum absolute atomic E-state index is 5.48. The van der Waals surface area contributed by atoms with E-state index in [1.807, 2.05) is 6.07 Å². The SMILES string of the molecule is CC(C)c1cc(NN)nc(C2CCCOC2)n1. The summed E-state index contributed by atoms with van der Waals surface area (Å²) in [5.74, 6) is 7.65. The predicted molar refractivity (Wildman–Crippen MR) is 66.7 cm³/mol. The molecule has 0 saturated carbocycles. The summed E-state index contributed by atoms with van der Waals surface area (Å²) in [6, 6.07) is 1.90. The number of rotatable bonds is 3. The van der Waals surface area contributed by atoms with Gasteiger partial charge in [0, 0.05) is 24.3 Å². The average Bonchev–Trinajstić information content (AvgIpc) is 2.39. The lowest BCUT2D eigenvalue weighted by molar-refractivity contribution is 0.0780. The molecule has 17 heavy (non-hydrogen) atoms. The molecule has 1 aromatic heterocycles. The number of nitrogen functional groups attached to an aromatic ring is 1. The highest BCUT2D eigenvalue weighted by molar-refractivity contribution is 5.36. The van der Waals surface area contributed by atoms with Gasteiger partial charge in [0.15, 0.2) is 0 Å². The predicted octanol–water partition coefficient (Wildman–Crippen LogP) is 1.78. The van der Waals surface area contributed by atoms with Crippen LogP contribution >= 0.6 is 0 Å². The van der Waals surface area contributed by atoms with Crippen LogP contribution in [0, 0.1) is 0 Å². The molecule has 5 heteroatoms. The van der Waals surface area contributed by atoms with Gasteiger partial charge in [0.2, 0.25) is 0 Å². The van der Waals surface area contributed by atoms with Gasteiger partial charge >= 0.3 is 0 Å². The van der Waals surface area contributed by atoms with Gasteiger partial charge in [0.1, 0.15) is 11.6 Å². The lowest BCUT2D eigenvalue weighted by Crippen LogP contribution is -2.20. The summed E-state index contributed by atoms with van der Waals surface area (Å²) in [5.41, 5.74) is 3.63. The zero-order valence-electron chi connectivity index (χ0n) is 10.4. The Labute approximate surface area is 102 Å². The number of hydrazine groups is 1. The lowest BCUT2D eigenvalue weighted by Gasteiger charge is -2.22. The lowest BCUT2D eigenvalue weighted by atomic mass is 10.0. The Bertz CT molecular complexity index is 375. The van der Waals surface area contributed by atoms with Gasteiger partial charge in [-0.1, -0.05) is 13.8 Å². The van der Waals surface area contributed by atoms with Gasteiger partial charge in [0.05, 0.1) is 6.61 Å². The first kappa shape index (κ1) is 12.3. The molecular formula is C12H20N4O. The van der Waals surface area contributed by atoms with Crippen LogP contribution in [0.25, 0.3) is 0 Å². The van der Waals surface area contributed by atoms with Crippen LogP contribution in [0.4, 0.5) is 5.82 Å². The first-order valence-corrected chi connectivity index (χ1v) is 6.14. The van der Waals surface area contributed by atoms with Gasteiger partial charge in [-0.2, -0.15) is 0 Å². The first-order valence-electron chi connectivity index (χ1n) is 6.14. The smallest absolute Gasteiger partial charge is 0.143 e. The van der Waals surface area contributed by atoms with Crippen molar-refractivity contribution in [1.82, 2.24) is 9.97 Å². The van der Waals surface area contributed by atoms with E-state index in [1.165, 1.54) is 0 Å². The molecule has 94 valence electrons. The van der Waals surface area contributed by atoms with Crippen LogP contribution in [0.3, 0.4) is 0 Å². The number of nitrogens with zero attached hydrogens (tertiary/aromatic N) is 2. The summed E-state index contributed by atoms with van der Waals surface area (Å²) in [5, 5.41) is 0. The van der Waals surface area contributed by atoms with Crippen molar-refractivity contribution in [2.45, 2.75) is 38.5 Å². The van der Waals surface area contributed by atoms with Crippen LogP contribution in [-0.2, 0) is 4.74 Å². The fourth-order valence-electron chi connectivity index (χ4n) is 1.98. The molecule has 1 aliphatic rings. The standard InChI is InChI=1S/C12H20N4O/c1-8(2)10-6-11(16-13)15-12(14-10)9-4-3-5-17-7-9/h6,8-9H,3-5,7,13H2,1-2H3,(H,14,15,16). The van der Waals surface area contributed by atoms with Gasteiger partial charge in [0.25, 0.3) is 0 Å². The van der Waals surface area contributed by atoms with Crippen LogP contribution in [0.5, 0.6) is 0 Å². The molecule has 1 unspecified atom stereocenters. The largest absolute Gasteiger partial charge is 0.381 e. The van der Waals surface area contributed by atoms with E-state index in [4.69, 9.17) is 10.6 Å². The fraction of sp³-hybridized carbons (Fsp3) is 0.667. The molecule has 1 aliphatic heterocycles. The van der Waals surface area contributed by atoms with Gasteiger partial charge in [-0.05, 0) is 18.8 Å². The zero-order valence-corrected chi connectivity index (χ0v) is 10.4. The van der Waals surface area contributed by atoms with E-state index in [9.17, 15) is 0 Å². The number of hydrogen-bond donors (Lipinski definition) is 2. The van der Waals surface area contributed by atoms with E-state index in [-0.39, 0.29) is 0 Å². The van der Waals surface area contributed by atoms with E-state index >= 15 is 0 Å². The fourth-order valence-corrected chi connectivity index (χ4v) is 1.98. The summed E-state index contributed by atoms with van der Waals surface area (Å²) in [6.07, 6.45) is 2.16. The Kier molecular flexibility index (Phi) is 3.91. The molecule has 5 nitrogen and oxygen atoms in total. The average molecular weight is 236 g/mol. The molecule has 2 rings (SSSR count). The molecule has 1 saturated heterocycles. The Hall–Kier alpha value is -1.20. The number of aromatic nitrogens is 2. The highest BCUT2D eigenvalue weighted by atomic mass is 16.5. The van der Waals surface area contributed by atoms with E-state index < -0.39 is 0 Å². The van der Waals surface area contributed by atoms with E-state index in [0.29, 0.717) is 24.3 Å². The van der Waals surface area contributed by atoms with Gasteiger partial charge in [-0.3, -0.25) is 0 Å². The van der Waals surface area contributed by atoms with Gasteiger partial charge in [-0.15, -0.1) is 0 Å².